The van der Waals surface area contributed by atoms with Crippen LogP contribution in [0.4, 0.5) is 0 Å². The van der Waals surface area contributed by atoms with Gasteiger partial charge in [-0.25, -0.2) is 9.78 Å². The fourth-order valence-corrected chi connectivity index (χ4v) is 0.707. The van der Waals surface area contributed by atoms with Crippen molar-refractivity contribution >= 4 is 5.97 Å². The average molecular weight is 153 g/mol. The van der Waals surface area contributed by atoms with E-state index in [0.717, 1.165) is 0 Å². The fraction of sp³-hybridized carbons (Fsp3) is 0.143. The Balaban J connectivity index is 3.23. The van der Waals surface area contributed by atoms with Crippen molar-refractivity contribution in [3.8, 4) is 5.75 Å². The number of hydrogen-bond acceptors (Lipinski definition) is 3. The maximum absolute atomic E-state index is 10.4. The van der Waals surface area contributed by atoms with Gasteiger partial charge in [-0.1, -0.05) is 0 Å². The number of aromatic hydroxyl groups is 1. The minimum Gasteiger partial charge on any atom is -0.505 e. The molecule has 1 heterocycles. The van der Waals surface area contributed by atoms with Crippen LogP contribution in [0, 0.1) is 6.92 Å². The standard InChI is InChI=1S/C7H7NO3/c1-4-2-3-5(9)6(8-4)7(10)11/h2-3,9H,1H3,(H,10,11). The van der Waals surface area contributed by atoms with E-state index < -0.39 is 5.97 Å². The molecule has 0 saturated heterocycles. The molecule has 1 rings (SSSR count). The van der Waals surface area contributed by atoms with E-state index in [1.807, 2.05) is 0 Å². The summed E-state index contributed by atoms with van der Waals surface area (Å²) in [7, 11) is 0. The molecule has 11 heavy (non-hydrogen) atoms. The average Bonchev–Trinajstić information content (AvgIpc) is 1.94. The van der Waals surface area contributed by atoms with Crippen LogP contribution in [0.5, 0.6) is 5.75 Å². The van der Waals surface area contributed by atoms with Crippen molar-refractivity contribution < 1.29 is 15.0 Å². The van der Waals surface area contributed by atoms with Crippen molar-refractivity contribution in [2.24, 2.45) is 0 Å². The lowest BCUT2D eigenvalue weighted by Gasteiger charge is -1.97. The maximum Gasteiger partial charge on any atom is 0.358 e. The van der Waals surface area contributed by atoms with Crippen LogP contribution in [0.25, 0.3) is 0 Å². The smallest absolute Gasteiger partial charge is 0.358 e. The predicted molar refractivity (Wildman–Crippen MR) is 37.6 cm³/mol. The first-order valence-corrected chi connectivity index (χ1v) is 3.01. The predicted octanol–water partition coefficient (Wildman–Crippen LogP) is 0.794. The Hall–Kier alpha value is -1.58. The van der Waals surface area contributed by atoms with Crippen LogP contribution >= 0.6 is 0 Å². The van der Waals surface area contributed by atoms with E-state index in [1.54, 1.807) is 13.0 Å². The van der Waals surface area contributed by atoms with Crippen molar-refractivity contribution in [2.45, 2.75) is 6.92 Å². The summed E-state index contributed by atoms with van der Waals surface area (Å²) in [5.41, 5.74) is 0.269. The van der Waals surface area contributed by atoms with Crippen LogP contribution < -0.4 is 0 Å². The van der Waals surface area contributed by atoms with Crippen LogP contribution in [0.1, 0.15) is 16.2 Å². The quantitative estimate of drug-likeness (QED) is 0.625. The number of rotatable bonds is 1. The second kappa shape index (κ2) is 2.57. The zero-order valence-corrected chi connectivity index (χ0v) is 5.90. The van der Waals surface area contributed by atoms with Gasteiger partial charge in [0.05, 0.1) is 0 Å². The molecular formula is C7H7NO3. The fourth-order valence-electron chi connectivity index (χ4n) is 0.707. The summed E-state index contributed by atoms with van der Waals surface area (Å²) in [4.78, 5) is 14.0. The number of pyridine rings is 1. The summed E-state index contributed by atoms with van der Waals surface area (Å²) < 4.78 is 0. The van der Waals surface area contributed by atoms with Gasteiger partial charge in [-0.15, -0.1) is 0 Å². The summed E-state index contributed by atoms with van der Waals surface area (Å²) >= 11 is 0. The van der Waals surface area contributed by atoms with Crippen LogP contribution in [0.3, 0.4) is 0 Å². The topological polar surface area (TPSA) is 70.4 Å². The third-order valence-corrected chi connectivity index (χ3v) is 1.22. The lowest BCUT2D eigenvalue weighted by Crippen LogP contribution is -2.01. The van der Waals surface area contributed by atoms with Gasteiger partial charge in [-0.2, -0.15) is 0 Å². The summed E-state index contributed by atoms with van der Waals surface area (Å²) in [6.07, 6.45) is 0. The largest absolute Gasteiger partial charge is 0.505 e. The molecule has 0 radical (unpaired) electrons. The summed E-state index contributed by atoms with van der Waals surface area (Å²) in [5, 5.41) is 17.4. The number of aromatic carboxylic acids is 1. The molecule has 0 amide bonds. The van der Waals surface area contributed by atoms with E-state index in [-0.39, 0.29) is 11.4 Å². The van der Waals surface area contributed by atoms with Crippen molar-refractivity contribution in [1.82, 2.24) is 4.98 Å². The molecule has 2 N–H and O–H groups in total. The van der Waals surface area contributed by atoms with Gasteiger partial charge in [0.25, 0.3) is 0 Å². The first-order chi connectivity index (χ1) is 5.11. The van der Waals surface area contributed by atoms with E-state index in [9.17, 15) is 4.79 Å². The second-order valence-electron chi connectivity index (χ2n) is 2.13. The van der Waals surface area contributed by atoms with Gasteiger partial charge >= 0.3 is 5.97 Å². The van der Waals surface area contributed by atoms with Gasteiger partial charge < -0.3 is 10.2 Å². The van der Waals surface area contributed by atoms with Crippen LogP contribution in [-0.4, -0.2) is 21.2 Å². The molecule has 0 spiro atoms. The molecule has 0 aliphatic carbocycles. The van der Waals surface area contributed by atoms with E-state index in [1.165, 1.54) is 6.07 Å². The molecule has 4 nitrogen and oxygen atoms in total. The van der Waals surface area contributed by atoms with Crippen LogP contribution in [0.2, 0.25) is 0 Å². The van der Waals surface area contributed by atoms with Crippen molar-refractivity contribution in [2.75, 3.05) is 0 Å². The number of carboxylic acid groups (broad SMARTS) is 1. The van der Waals surface area contributed by atoms with Crippen LogP contribution in [-0.2, 0) is 0 Å². The Morgan fingerprint density at radius 1 is 1.55 bits per heavy atom. The maximum atomic E-state index is 10.4. The summed E-state index contributed by atoms with van der Waals surface area (Å²) in [6.45, 7) is 1.66. The van der Waals surface area contributed by atoms with Crippen molar-refractivity contribution in [1.29, 1.82) is 0 Å². The molecule has 0 saturated carbocycles. The molecule has 0 aromatic carbocycles. The monoisotopic (exact) mass is 153 g/mol. The Morgan fingerprint density at radius 2 is 2.18 bits per heavy atom. The molecule has 0 bridgehead atoms. The van der Waals surface area contributed by atoms with E-state index >= 15 is 0 Å². The van der Waals surface area contributed by atoms with E-state index in [4.69, 9.17) is 10.2 Å². The molecule has 1 aromatic heterocycles. The van der Waals surface area contributed by atoms with Gasteiger partial charge in [-0.3, -0.25) is 0 Å². The third-order valence-electron chi connectivity index (χ3n) is 1.22. The number of nitrogens with zero attached hydrogens (tertiary/aromatic N) is 1. The van der Waals surface area contributed by atoms with Gasteiger partial charge in [0, 0.05) is 5.69 Å². The van der Waals surface area contributed by atoms with Gasteiger partial charge in [0.2, 0.25) is 0 Å². The molecular weight excluding hydrogens is 146 g/mol. The number of carboxylic acids is 1. The Bertz CT molecular complexity index is 296. The highest BCUT2D eigenvalue weighted by molar-refractivity contribution is 5.88. The molecule has 58 valence electrons. The van der Waals surface area contributed by atoms with Gasteiger partial charge in [-0.05, 0) is 19.1 Å². The number of aromatic nitrogens is 1. The molecule has 0 aliphatic heterocycles. The highest BCUT2D eigenvalue weighted by Crippen LogP contribution is 2.13. The minimum absolute atomic E-state index is 0.301. The van der Waals surface area contributed by atoms with Crippen molar-refractivity contribution in [3.63, 3.8) is 0 Å². The summed E-state index contributed by atoms with van der Waals surface area (Å²) in [6, 6.07) is 2.85. The van der Waals surface area contributed by atoms with Gasteiger partial charge in [0.1, 0.15) is 5.75 Å². The molecule has 0 fully saturated rings. The number of hydrogen-bond donors (Lipinski definition) is 2. The first kappa shape index (κ1) is 7.53. The van der Waals surface area contributed by atoms with E-state index in [0.29, 0.717) is 5.69 Å². The highest BCUT2D eigenvalue weighted by Gasteiger charge is 2.09. The number of carbonyl (C=O) groups is 1. The normalized spacial score (nSPS) is 9.55. The zero-order valence-electron chi connectivity index (χ0n) is 5.90. The highest BCUT2D eigenvalue weighted by atomic mass is 16.4. The first-order valence-electron chi connectivity index (χ1n) is 3.01. The second-order valence-corrected chi connectivity index (χ2v) is 2.13. The Labute approximate surface area is 63.1 Å². The lowest BCUT2D eigenvalue weighted by atomic mass is 10.3. The van der Waals surface area contributed by atoms with Crippen LogP contribution in [0.15, 0.2) is 12.1 Å². The molecule has 0 atom stereocenters. The lowest BCUT2D eigenvalue weighted by molar-refractivity contribution is 0.0686. The summed E-state index contributed by atoms with van der Waals surface area (Å²) in [5.74, 6) is -1.52. The Kier molecular flexibility index (Phi) is 1.76. The SMILES string of the molecule is Cc1ccc(O)c(C(=O)O)n1. The van der Waals surface area contributed by atoms with E-state index in [2.05, 4.69) is 4.98 Å². The zero-order chi connectivity index (χ0) is 8.43. The molecule has 0 aliphatic rings. The molecule has 1 aromatic rings. The molecule has 0 unspecified atom stereocenters. The Morgan fingerprint density at radius 3 is 2.64 bits per heavy atom. The van der Waals surface area contributed by atoms with Gasteiger partial charge in [0.15, 0.2) is 5.69 Å². The number of aryl methyl sites for hydroxylation is 1. The third kappa shape index (κ3) is 1.46. The minimum atomic E-state index is -1.22. The van der Waals surface area contributed by atoms with Crippen molar-refractivity contribution in [3.05, 3.63) is 23.5 Å². The molecule has 4 heteroatoms.